The molecule has 1 fully saturated rings. The predicted octanol–water partition coefficient (Wildman–Crippen LogP) is 0.872. The Bertz CT molecular complexity index is 559. The van der Waals surface area contributed by atoms with Crippen molar-refractivity contribution in [3.8, 4) is 0 Å². The van der Waals surface area contributed by atoms with E-state index in [-0.39, 0.29) is 30.3 Å². The third-order valence-corrected chi connectivity index (χ3v) is 3.42. The Balaban J connectivity index is 2.29. The topological polar surface area (TPSA) is 84.7 Å². The van der Waals surface area contributed by atoms with Gasteiger partial charge in [-0.1, -0.05) is 0 Å². The molecule has 1 aromatic heterocycles. The number of carbonyl (C=O) groups excluding carboxylic acids is 1. The number of ether oxygens (including phenoxy) is 1. The molecule has 0 aliphatic carbocycles. The van der Waals surface area contributed by atoms with Crippen molar-refractivity contribution in [3.05, 3.63) is 17.5 Å². The van der Waals surface area contributed by atoms with Gasteiger partial charge in [-0.3, -0.25) is 9.48 Å². The van der Waals surface area contributed by atoms with E-state index in [1.54, 1.807) is 10.7 Å². The Morgan fingerprint density at radius 1 is 1.43 bits per heavy atom. The number of carbonyl (C=O) groups is 2. The molecule has 7 nitrogen and oxygen atoms in total. The van der Waals surface area contributed by atoms with Gasteiger partial charge in [-0.2, -0.15) is 5.10 Å². The van der Waals surface area contributed by atoms with Crippen molar-refractivity contribution in [3.63, 3.8) is 0 Å². The number of morpholine rings is 1. The summed E-state index contributed by atoms with van der Waals surface area (Å²) in [6.45, 7) is 8.48. The van der Waals surface area contributed by atoms with E-state index in [1.807, 2.05) is 27.7 Å². The maximum absolute atomic E-state index is 12.5. The summed E-state index contributed by atoms with van der Waals surface area (Å²) in [7, 11) is 0. The molecule has 1 atom stereocenters. The Morgan fingerprint density at radius 3 is 2.62 bits per heavy atom. The molecule has 21 heavy (non-hydrogen) atoms. The third kappa shape index (κ3) is 3.07. The summed E-state index contributed by atoms with van der Waals surface area (Å²) in [6, 6.07) is 0.744. The van der Waals surface area contributed by atoms with Gasteiger partial charge in [-0.15, -0.1) is 0 Å². The van der Waals surface area contributed by atoms with Crippen molar-refractivity contribution < 1.29 is 19.4 Å². The lowest BCUT2D eigenvalue weighted by atomic mass is 10.1. The second-order valence-corrected chi connectivity index (χ2v) is 6.18. The zero-order chi connectivity index (χ0) is 15.8. The zero-order valence-corrected chi connectivity index (χ0v) is 12.8. The van der Waals surface area contributed by atoms with Crippen LogP contribution in [0, 0.1) is 6.92 Å². The lowest BCUT2D eigenvalue weighted by Gasteiger charge is -2.32. The fourth-order valence-corrected chi connectivity index (χ4v) is 2.46. The molecule has 0 aromatic carbocycles. The Morgan fingerprint density at radius 2 is 2.10 bits per heavy atom. The average Bonchev–Trinajstić information content (AvgIpc) is 2.80. The van der Waals surface area contributed by atoms with Gasteiger partial charge in [0.15, 0.2) is 11.7 Å². The minimum atomic E-state index is -1.06. The number of nitrogens with zero attached hydrogens (tertiary/aromatic N) is 3. The molecule has 116 valence electrons. The Hall–Kier alpha value is -1.89. The summed E-state index contributed by atoms with van der Waals surface area (Å²) in [5.74, 6) is -1.42. The summed E-state index contributed by atoms with van der Waals surface area (Å²) in [5.41, 5.74) is 0.904. The number of aliphatic carboxylic acids is 1. The van der Waals surface area contributed by atoms with E-state index in [4.69, 9.17) is 4.74 Å². The fourth-order valence-electron chi connectivity index (χ4n) is 2.46. The summed E-state index contributed by atoms with van der Waals surface area (Å²) < 4.78 is 6.92. The van der Waals surface area contributed by atoms with E-state index >= 15 is 0 Å². The van der Waals surface area contributed by atoms with Crippen LogP contribution in [0.5, 0.6) is 0 Å². The van der Waals surface area contributed by atoms with Crippen molar-refractivity contribution in [2.75, 3.05) is 19.8 Å². The lowest BCUT2D eigenvalue weighted by molar-refractivity contribution is -0.147. The van der Waals surface area contributed by atoms with Crippen LogP contribution in [0.15, 0.2) is 6.07 Å². The van der Waals surface area contributed by atoms with Gasteiger partial charge < -0.3 is 14.7 Å². The third-order valence-electron chi connectivity index (χ3n) is 3.42. The maximum atomic E-state index is 12.5. The second-order valence-electron chi connectivity index (χ2n) is 6.18. The van der Waals surface area contributed by atoms with E-state index < -0.39 is 12.0 Å². The number of aryl methyl sites for hydroxylation is 1. The van der Waals surface area contributed by atoms with Gasteiger partial charge in [-0.05, 0) is 33.8 Å². The first-order valence-electron chi connectivity index (χ1n) is 6.90. The van der Waals surface area contributed by atoms with Crippen LogP contribution in [0.4, 0.5) is 0 Å². The molecule has 7 heteroatoms. The average molecular weight is 295 g/mol. The summed E-state index contributed by atoms with van der Waals surface area (Å²) in [6.07, 6.45) is 0. The quantitative estimate of drug-likeness (QED) is 0.875. The molecule has 1 aliphatic heterocycles. The first-order valence-corrected chi connectivity index (χ1v) is 6.90. The van der Waals surface area contributed by atoms with Crippen LogP contribution >= 0.6 is 0 Å². The number of hydrogen-bond donors (Lipinski definition) is 1. The van der Waals surface area contributed by atoms with E-state index in [0.717, 1.165) is 5.69 Å². The Labute approximate surface area is 123 Å². The molecule has 1 unspecified atom stereocenters. The van der Waals surface area contributed by atoms with Gasteiger partial charge in [0.25, 0.3) is 5.91 Å². The predicted molar refractivity (Wildman–Crippen MR) is 75.2 cm³/mol. The number of carboxylic acid groups (broad SMARTS) is 1. The molecule has 2 rings (SSSR count). The highest BCUT2D eigenvalue weighted by Gasteiger charge is 2.34. The molecule has 1 saturated heterocycles. The van der Waals surface area contributed by atoms with Crippen LogP contribution in [0.25, 0.3) is 0 Å². The van der Waals surface area contributed by atoms with Crippen LogP contribution < -0.4 is 0 Å². The fraction of sp³-hybridized carbons (Fsp3) is 0.643. The summed E-state index contributed by atoms with van der Waals surface area (Å²) >= 11 is 0. The highest BCUT2D eigenvalue weighted by atomic mass is 16.5. The van der Waals surface area contributed by atoms with Crippen LogP contribution in [0.1, 0.15) is 37.0 Å². The van der Waals surface area contributed by atoms with Crippen LogP contribution in [0.2, 0.25) is 0 Å². The largest absolute Gasteiger partial charge is 0.480 e. The number of rotatable bonds is 2. The highest BCUT2D eigenvalue weighted by Crippen LogP contribution is 2.19. The van der Waals surface area contributed by atoms with Crippen molar-refractivity contribution >= 4 is 11.9 Å². The minimum absolute atomic E-state index is 0.0139. The normalized spacial score (nSPS) is 19.6. The van der Waals surface area contributed by atoms with Crippen LogP contribution in [0.3, 0.4) is 0 Å². The van der Waals surface area contributed by atoms with Gasteiger partial charge in [0.1, 0.15) is 0 Å². The van der Waals surface area contributed by atoms with Crippen molar-refractivity contribution in [1.82, 2.24) is 14.7 Å². The molecule has 0 radical (unpaired) electrons. The van der Waals surface area contributed by atoms with Gasteiger partial charge in [0.2, 0.25) is 0 Å². The summed E-state index contributed by atoms with van der Waals surface area (Å²) in [5, 5.41) is 13.5. The molecule has 0 bridgehead atoms. The second kappa shape index (κ2) is 5.48. The Kier molecular flexibility index (Phi) is 4.04. The van der Waals surface area contributed by atoms with Gasteiger partial charge in [0, 0.05) is 12.2 Å². The zero-order valence-electron chi connectivity index (χ0n) is 12.8. The molecule has 0 spiro atoms. The number of hydrogen-bond acceptors (Lipinski definition) is 4. The molecule has 1 amide bonds. The van der Waals surface area contributed by atoms with Crippen molar-refractivity contribution in [1.29, 1.82) is 0 Å². The monoisotopic (exact) mass is 295 g/mol. The van der Waals surface area contributed by atoms with E-state index in [1.165, 1.54) is 4.90 Å². The maximum Gasteiger partial charge on any atom is 0.328 e. The first kappa shape index (κ1) is 15.5. The molecule has 0 saturated carbocycles. The molecular weight excluding hydrogens is 274 g/mol. The van der Waals surface area contributed by atoms with Crippen LogP contribution in [-0.4, -0.2) is 57.5 Å². The van der Waals surface area contributed by atoms with Gasteiger partial charge in [0.05, 0.1) is 18.8 Å². The first-order chi connectivity index (χ1) is 9.71. The van der Waals surface area contributed by atoms with E-state index in [2.05, 4.69) is 5.10 Å². The standard InChI is InChI=1S/C14H21N3O4/c1-9-7-10(15-17(9)14(2,3)4)12(18)16-5-6-21-8-11(16)13(19)20/h7,11H,5-6,8H2,1-4H3,(H,19,20). The van der Waals surface area contributed by atoms with E-state index in [9.17, 15) is 14.7 Å². The summed E-state index contributed by atoms with van der Waals surface area (Å²) in [4.78, 5) is 25.1. The molecule has 1 aliphatic rings. The van der Waals surface area contributed by atoms with Crippen LogP contribution in [-0.2, 0) is 15.1 Å². The molecular formula is C14H21N3O4. The molecule has 1 aromatic rings. The van der Waals surface area contributed by atoms with Crippen molar-refractivity contribution in [2.24, 2.45) is 0 Å². The minimum Gasteiger partial charge on any atom is -0.480 e. The smallest absolute Gasteiger partial charge is 0.328 e. The van der Waals surface area contributed by atoms with E-state index in [0.29, 0.717) is 6.61 Å². The molecule has 1 N–H and O–H groups in total. The molecule has 2 heterocycles. The SMILES string of the molecule is Cc1cc(C(=O)N2CCOCC2C(=O)O)nn1C(C)(C)C. The number of aromatic nitrogens is 2. The number of amides is 1. The number of carboxylic acids is 1. The van der Waals surface area contributed by atoms with Crippen molar-refractivity contribution in [2.45, 2.75) is 39.3 Å². The lowest BCUT2D eigenvalue weighted by Crippen LogP contribution is -2.52. The highest BCUT2D eigenvalue weighted by molar-refractivity contribution is 5.95. The van der Waals surface area contributed by atoms with Gasteiger partial charge >= 0.3 is 5.97 Å². The van der Waals surface area contributed by atoms with Gasteiger partial charge in [-0.25, -0.2) is 4.79 Å².